The number of benzene rings is 1. The Balaban J connectivity index is 1.97. The zero-order valence-corrected chi connectivity index (χ0v) is 16.3. The van der Waals surface area contributed by atoms with Crippen molar-refractivity contribution in [1.82, 2.24) is 19.9 Å². The van der Waals surface area contributed by atoms with Crippen LogP contribution in [0.1, 0.15) is 46.2 Å². The molecule has 1 unspecified atom stereocenters. The van der Waals surface area contributed by atoms with E-state index in [4.69, 9.17) is 21.1 Å². The maximum absolute atomic E-state index is 12.8. The number of amides is 1. The van der Waals surface area contributed by atoms with Gasteiger partial charge in [0, 0.05) is 0 Å². The molecule has 0 saturated carbocycles. The molecule has 1 aromatic carbocycles. The number of nitrogens with zero attached hydrogens (tertiary/aromatic N) is 4. The van der Waals surface area contributed by atoms with Gasteiger partial charge in [-0.3, -0.25) is 4.90 Å². The summed E-state index contributed by atoms with van der Waals surface area (Å²) in [5.41, 5.74) is 0.141. The molecule has 0 spiro atoms. The van der Waals surface area contributed by atoms with Gasteiger partial charge in [-0.15, -0.1) is 0 Å². The van der Waals surface area contributed by atoms with E-state index in [9.17, 15) is 4.79 Å². The second-order valence-corrected chi connectivity index (χ2v) is 8.06. The van der Waals surface area contributed by atoms with Crippen molar-refractivity contribution in [2.75, 3.05) is 6.61 Å². The van der Waals surface area contributed by atoms with Crippen LogP contribution in [0.25, 0.3) is 5.69 Å². The summed E-state index contributed by atoms with van der Waals surface area (Å²) in [4.78, 5) is 15.9. The molecule has 1 fully saturated rings. The Morgan fingerprint density at radius 1 is 1.31 bits per heavy atom. The second kappa shape index (κ2) is 6.55. The van der Waals surface area contributed by atoms with Crippen LogP contribution in [0.5, 0.6) is 0 Å². The van der Waals surface area contributed by atoms with E-state index in [1.54, 1.807) is 23.4 Å². The maximum atomic E-state index is 12.8. The third-order valence-corrected chi connectivity index (χ3v) is 4.39. The van der Waals surface area contributed by atoms with Gasteiger partial charge < -0.3 is 9.47 Å². The van der Waals surface area contributed by atoms with Crippen molar-refractivity contribution < 1.29 is 14.3 Å². The summed E-state index contributed by atoms with van der Waals surface area (Å²) in [6.45, 7) is 9.58. The van der Waals surface area contributed by atoms with Gasteiger partial charge in [0.1, 0.15) is 17.0 Å². The predicted molar refractivity (Wildman–Crippen MR) is 97.2 cm³/mol. The minimum Gasteiger partial charge on any atom is -0.444 e. The summed E-state index contributed by atoms with van der Waals surface area (Å²) in [5.74, 6) is 0. The smallest absolute Gasteiger partial charge is 0.413 e. The van der Waals surface area contributed by atoms with Crippen LogP contribution in [0.3, 0.4) is 0 Å². The summed E-state index contributed by atoms with van der Waals surface area (Å²) in [6.07, 6.45) is 2.74. The monoisotopic (exact) mass is 378 g/mol. The van der Waals surface area contributed by atoms with Crippen molar-refractivity contribution in [3.63, 3.8) is 0 Å². The number of rotatable bonds is 2. The van der Waals surface area contributed by atoms with Crippen LogP contribution in [0.4, 0.5) is 4.79 Å². The van der Waals surface area contributed by atoms with Crippen LogP contribution >= 0.6 is 11.6 Å². The fourth-order valence-electron chi connectivity index (χ4n) is 2.94. The molecule has 0 N–H and O–H groups in total. The van der Waals surface area contributed by atoms with Gasteiger partial charge in [0.2, 0.25) is 0 Å². The van der Waals surface area contributed by atoms with Crippen molar-refractivity contribution >= 4 is 17.7 Å². The largest absolute Gasteiger partial charge is 0.444 e. The van der Waals surface area contributed by atoms with Gasteiger partial charge in [0.05, 0.1) is 30.1 Å². The number of ether oxygens (including phenoxy) is 2. The van der Waals surface area contributed by atoms with Crippen LogP contribution in [-0.2, 0) is 9.47 Å². The maximum Gasteiger partial charge on any atom is 0.413 e. The van der Waals surface area contributed by atoms with Gasteiger partial charge in [-0.25, -0.2) is 4.79 Å². The van der Waals surface area contributed by atoms with Gasteiger partial charge >= 0.3 is 6.09 Å². The highest BCUT2D eigenvalue weighted by Crippen LogP contribution is 2.39. The number of carbonyl (C=O) groups excluding carboxylic acids is 1. The minimum absolute atomic E-state index is 0.300. The van der Waals surface area contributed by atoms with Gasteiger partial charge in [0.15, 0.2) is 0 Å². The van der Waals surface area contributed by atoms with Crippen molar-refractivity contribution in [1.29, 1.82) is 0 Å². The lowest BCUT2D eigenvalue weighted by Crippen LogP contribution is -2.47. The summed E-state index contributed by atoms with van der Waals surface area (Å²) < 4.78 is 11.5. The van der Waals surface area contributed by atoms with Crippen molar-refractivity contribution in [2.24, 2.45) is 0 Å². The first-order valence-electron chi connectivity index (χ1n) is 8.41. The number of hydrogen-bond acceptors (Lipinski definition) is 5. The molecule has 1 amide bonds. The number of aromatic nitrogens is 3. The number of halogens is 1. The molecule has 3 rings (SSSR count). The Morgan fingerprint density at radius 2 is 1.96 bits per heavy atom. The van der Waals surface area contributed by atoms with E-state index < -0.39 is 17.4 Å². The molecule has 0 radical (unpaired) electrons. The molecule has 7 nitrogen and oxygen atoms in total. The number of hydrogen-bond donors (Lipinski definition) is 0. The van der Waals surface area contributed by atoms with Gasteiger partial charge in [-0.1, -0.05) is 17.7 Å². The second-order valence-electron chi connectivity index (χ2n) is 7.65. The lowest BCUT2D eigenvalue weighted by atomic mass is 10.0. The average Bonchev–Trinajstić information content (AvgIpc) is 3.13. The number of carbonyl (C=O) groups is 1. The van der Waals surface area contributed by atoms with Crippen LogP contribution in [-0.4, -0.2) is 43.9 Å². The molecule has 2 aromatic rings. The van der Waals surface area contributed by atoms with E-state index in [0.29, 0.717) is 17.3 Å². The molecule has 0 aliphatic carbocycles. The van der Waals surface area contributed by atoms with Crippen LogP contribution in [0.15, 0.2) is 30.6 Å². The van der Waals surface area contributed by atoms with E-state index in [-0.39, 0.29) is 6.04 Å². The molecule has 8 heteroatoms. The standard InChI is InChI=1S/C18H23ClN4O3/c1-17(2,3)26-16(24)22-15(11-25-18(22,4)5)12-6-7-13(19)14(10-12)23-20-8-9-21-23/h6-10,15H,11H2,1-5H3. The third kappa shape index (κ3) is 3.68. The van der Waals surface area contributed by atoms with E-state index in [1.165, 1.54) is 4.80 Å². The van der Waals surface area contributed by atoms with Crippen LogP contribution in [0.2, 0.25) is 5.02 Å². The first-order valence-corrected chi connectivity index (χ1v) is 8.79. The zero-order chi connectivity index (χ0) is 19.1. The lowest BCUT2D eigenvalue weighted by molar-refractivity contribution is -0.0626. The summed E-state index contributed by atoms with van der Waals surface area (Å²) in [6, 6.07) is 5.22. The van der Waals surface area contributed by atoms with E-state index >= 15 is 0 Å². The molecule has 1 aliphatic heterocycles. The fraction of sp³-hybridized carbons (Fsp3) is 0.500. The molecule has 140 valence electrons. The Labute approximate surface area is 157 Å². The highest BCUT2D eigenvalue weighted by Gasteiger charge is 2.46. The highest BCUT2D eigenvalue weighted by molar-refractivity contribution is 6.32. The average molecular weight is 379 g/mol. The van der Waals surface area contributed by atoms with E-state index in [2.05, 4.69) is 10.2 Å². The van der Waals surface area contributed by atoms with Gasteiger partial charge in [-0.05, 0) is 52.3 Å². The normalized spacial score (nSPS) is 19.6. The minimum atomic E-state index is -0.781. The third-order valence-electron chi connectivity index (χ3n) is 4.07. The zero-order valence-electron chi connectivity index (χ0n) is 15.6. The molecular formula is C18H23ClN4O3. The molecule has 1 atom stereocenters. The SMILES string of the molecule is CC(C)(C)OC(=O)N1C(c2ccc(Cl)c(-n3nccn3)c2)COC1(C)C. The Kier molecular flexibility index (Phi) is 4.71. The first-order chi connectivity index (χ1) is 12.1. The Hall–Kier alpha value is -2.12. The molecule has 1 saturated heterocycles. The molecule has 1 aliphatic rings. The van der Waals surface area contributed by atoms with Gasteiger partial charge in [0.25, 0.3) is 0 Å². The Morgan fingerprint density at radius 3 is 2.58 bits per heavy atom. The summed E-state index contributed by atoms with van der Waals surface area (Å²) in [7, 11) is 0. The first kappa shape index (κ1) is 18.7. The predicted octanol–water partition coefficient (Wildman–Crippen LogP) is 3.97. The quantitative estimate of drug-likeness (QED) is 0.790. The summed E-state index contributed by atoms with van der Waals surface area (Å²) in [5, 5.41) is 8.78. The van der Waals surface area contributed by atoms with Crippen molar-refractivity contribution in [2.45, 2.75) is 52.0 Å². The van der Waals surface area contributed by atoms with E-state index in [1.807, 2.05) is 46.8 Å². The lowest BCUT2D eigenvalue weighted by Gasteiger charge is -2.35. The van der Waals surface area contributed by atoms with Gasteiger partial charge in [-0.2, -0.15) is 15.0 Å². The van der Waals surface area contributed by atoms with Crippen molar-refractivity contribution in [3.8, 4) is 5.69 Å². The summed E-state index contributed by atoms with van der Waals surface area (Å²) >= 11 is 6.30. The molecule has 0 bridgehead atoms. The molecular weight excluding hydrogens is 356 g/mol. The highest BCUT2D eigenvalue weighted by atomic mass is 35.5. The molecule has 26 heavy (non-hydrogen) atoms. The van der Waals surface area contributed by atoms with Crippen molar-refractivity contribution in [3.05, 3.63) is 41.2 Å². The fourth-order valence-corrected chi connectivity index (χ4v) is 3.13. The van der Waals surface area contributed by atoms with Crippen LogP contribution < -0.4 is 0 Å². The molecule has 2 heterocycles. The molecule has 1 aromatic heterocycles. The topological polar surface area (TPSA) is 69.5 Å². The van der Waals surface area contributed by atoms with Crippen LogP contribution in [0, 0.1) is 0 Å². The Bertz CT molecular complexity index is 799. The van der Waals surface area contributed by atoms with E-state index in [0.717, 1.165) is 5.56 Å².